The Bertz CT molecular complexity index is 1560. The Morgan fingerprint density at radius 2 is 1.90 bits per heavy atom. The molecule has 5 rings (SSSR count). The lowest BCUT2D eigenvalue weighted by Crippen LogP contribution is -2.29. The lowest BCUT2D eigenvalue weighted by molar-refractivity contribution is -0.120. The predicted octanol–water partition coefficient (Wildman–Crippen LogP) is 3.32. The molecule has 0 saturated carbocycles. The van der Waals surface area contributed by atoms with Crippen molar-refractivity contribution >= 4 is 46.5 Å². The molecular formula is C30H30N4O6S2. The van der Waals surface area contributed by atoms with Gasteiger partial charge in [-0.15, -0.1) is 23.1 Å². The molecule has 0 aliphatic carbocycles. The molecule has 2 aromatic carbocycles. The second-order valence-corrected chi connectivity index (χ2v) is 11.8. The van der Waals surface area contributed by atoms with Crippen molar-refractivity contribution in [3.63, 3.8) is 0 Å². The average molecular weight is 607 g/mol. The van der Waals surface area contributed by atoms with Gasteiger partial charge in [-0.1, -0.05) is 18.2 Å². The molecule has 3 aromatic rings. The molecule has 3 amide bonds. The van der Waals surface area contributed by atoms with Crippen LogP contribution in [-0.2, 0) is 22.6 Å². The van der Waals surface area contributed by atoms with Crippen LogP contribution in [0.2, 0.25) is 0 Å². The molecule has 3 heterocycles. The van der Waals surface area contributed by atoms with E-state index in [4.69, 9.17) is 9.84 Å². The van der Waals surface area contributed by atoms with Crippen LogP contribution in [0.1, 0.15) is 40.4 Å². The standard InChI is InChI=1S/C30H30N4O6S2/c1-17(22-16-41-27(26(22)36)21-6-7-23-20(14-21)10-13-40-23)33-34-30(39)25-9-8-24(42-25)29(38)32-15-18-2-4-19(5-3-18)28(37)31-11-12-35/h2-8,14,16,25,35-36H,9-13,15H2,1H3,(H,31,37)(H,32,38)(H,34,39)/b33-17+. The maximum absolute atomic E-state index is 12.8. The van der Waals surface area contributed by atoms with Crippen LogP contribution in [0.25, 0.3) is 10.4 Å². The van der Waals surface area contributed by atoms with Gasteiger partial charge in [-0.25, -0.2) is 5.43 Å². The Hall–Kier alpha value is -4.13. The predicted molar refractivity (Wildman–Crippen MR) is 163 cm³/mol. The zero-order valence-corrected chi connectivity index (χ0v) is 24.4. The van der Waals surface area contributed by atoms with Crippen molar-refractivity contribution in [2.75, 3.05) is 19.8 Å². The van der Waals surface area contributed by atoms with Crippen molar-refractivity contribution < 1.29 is 29.3 Å². The van der Waals surface area contributed by atoms with Crippen molar-refractivity contribution in [3.8, 4) is 21.9 Å². The van der Waals surface area contributed by atoms with Gasteiger partial charge in [0, 0.05) is 30.5 Å². The fraction of sp³-hybridized carbons (Fsp3) is 0.267. The van der Waals surface area contributed by atoms with Gasteiger partial charge < -0.3 is 25.6 Å². The first kappa shape index (κ1) is 29.4. The number of thiophene rings is 1. The molecule has 0 fully saturated rings. The molecule has 0 spiro atoms. The largest absolute Gasteiger partial charge is 0.506 e. The summed E-state index contributed by atoms with van der Waals surface area (Å²) < 4.78 is 5.57. The maximum atomic E-state index is 12.8. The zero-order valence-electron chi connectivity index (χ0n) is 22.8. The minimum atomic E-state index is -0.501. The number of aliphatic hydroxyl groups excluding tert-OH is 1. The van der Waals surface area contributed by atoms with Crippen LogP contribution in [0.15, 0.2) is 63.9 Å². The summed E-state index contributed by atoms with van der Waals surface area (Å²) in [5.74, 6) is 0.0996. The van der Waals surface area contributed by atoms with Gasteiger partial charge in [-0.2, -0.15) is 5.10 Å². The molecule has 0 bridgehead atoms. The normalized spacial score (nSPS) is 15.9. The van der Waals surface area contributed by atoms with Crippen LogP contribution in [-0.4, -0.2) is 58.7 Å². The van der Waals surface area contributed by atoms with Gasteiger partial charge in [-0.05, 0) is 60.4 Å². The summed E-state index contributed by atoms with van der Waals surface area (Å²) in [4.78, 5) is 38.6. The maximum Gasteiger partial charge on any atom is 0.257 e. The van der Waals surface area contributed by atoms with Crippen LogP contribution in [0.4, 0.5) is 0 Å². The Balaban J connectivity index is 1.11. The summed E-state index contributed by atoms with van der Waals surface area (Å²) in [6.45, 7) is 2.70. The van der Waals surface area contributed by atoms with Gasteiger partial charge in [0.05, 0.1) is 39.5 Å². The van der Waals surface area contributed by atoms with E-state index < -0.39 is 5.25 Å². The van der Waals surface area contributed by atoms with Crippen LogP contribution in [0.5, 0.6) is 11.5 Å². The second-order valence-electron chi connectivity index (χ2n) is 9.69. The Morgan fingerprint density at radius 1 is 1.10 bits per heavy atom. The van der Waals surface area contributed by atoms with Gasteiger partial charge in [0.25, 0.3) is 17.7 Å². The second kappa shape index (κ2) is 13.2. The van der Waals surface area contributed by atoms with Crippen molar-refractivity contribution in [3.05, 3.63) is 81.1 Å². The van der Waals surface area contributed by atoms with Crippen molar-refractivity contribution in [1.82, 2.24) is 16.1 Å². The van der Waals surface area contributed by atoms with Crippen molar-refractivity contribution in [2.24, 2.45) is 5.10 Å². The highest BCUT2D eigenvalue weighted by atomic mass is 32.2. The lowest BCUT2D eigenvalue weighted by atomic mass is 10.1. The highest BCUT2D eigenvalue weighted by molar-refractivity contribution is 8.05. The van der Waals surface area contributed by atoms with E-state index in [2.05, 4.69) is 21.2 Å². The first-order valence-corrected chi connectivity index (χ1v) is 15.1. The molecule has 12 heteroatoms. The number of aromatic hydroxyl groups is 1. The number of aliphatic hydroxyl groups is 1. The van der Waals surface area contributed by atoms with E-state index in [1.807, 2.05) is 23.6 Å². The number of benzene rings is 2. The molecule has 0 radical (unpaired) electrons. The Morgan fingerprint density at radius 3 is 2.69 bits per heavy atom. The molecule has 1 aromatic heterocycles. The minimum Gasteiger partial charge on any atom is -0.506 e. The van der Waals surface area contributed by atoms with Gasteiger partial charge in [0.1, 0.15) is 11.5 Å². The summed E-state index contributed by atoms with van der Waals surface area (Å²) in [6, 6.07) is 12.7. The number of carbonyl (C=O) groups is 3. The van der Waals surface area contributed by atoms with E-state index in [-0.39, 0.29) is 43.2 Å². The third kappa shape index (κ3) is 6.67. The van der Waals surface area contributed by atoms with E-state index in [9.17, 15) is 19.5 Å². The van der Waals surface area contributed by atoms with Crippen LogP contribution in [0.3, 0.4) is 0 Å². The Labute approximate surface area is 250 Å². The van der Waals surface area contributed by atoms with Crippen LogP contribution in [0, 0.1) is 0 Å². The summed E-state index contributed by atoms with van der Waals surface area (Å²) in [5.41, 5.74) is 6.88. The highest BCUT2D eigenvalue weighted by Gasteiger charge is 2.28. The van der Waals surface area contributed by atoms with Gasteiger partial charge >= 0.3 is 0 Å². The lowest BCUT2D eigenvalue weighted by Gasteiger charge is -2.10. The molecule has 1 atom stereocenters. The monoisotopic (exact) mass is 606 g/mol. The number of amides is 3. The first-order chi connectivity index (χ1) is 20.3. The fourth-order valence-corrected chi connectivity index (χ4v) is 6.53. The molecule has 2 aliphatic rings. The van der Waals surface area contributed by atoms with Crippen LogP contribution >= 0.6 is 23.1 Å². The van der Waals surface area contributed by atoms with E-state index in [1.54, 1.807) is 37.3 Å². The van der Waals surface area contributed by atoms with E-state index >= 15 is 0 Å². The Kier molecular flexibility index (Phi) is 9.25. The number of hydrogen-bond acceptors (Lipinski definition) is 9. The summed E-state index contributed by atoms with van der Waals surface area (Å²) in [5, 5.41) is 30.6. The van der Waals surface area contributed by atoms with Crippen molar-refractivity contribution in [2.45, 2.75) is 31.6 Å². The molecule has 5 N–H and O–H groups in total. The van der Waals surface area contributed by atoms with E-state index in [0.29, 0.717) is 34.8 Å². The molecule has 1 unspecified atom stereocenters. The number of rotatable bonds is 10. The molecule has 0 saturated heterocycles. The smallest absolute Gasteiger partial charge is 0.257 e. The zero-order chi connectivity index (χ0) is 29.6. The highest BCUT2D eigenvalue weighted by Crippen LogP contribution is 2.41. The van der Waals surface area contributed by atoms with Crippen molar-refractivity contribution in [1.29, 1.82) is 0 Å². The number of fused-ring (bicyclic) bond motifs is 1. The molecule has 42 heavy (non-hydrogen) atoms. The quantitative estimate of drug-likeness (QED) is 0.176. The minimum absolute atomic E-state index is 0.116. The average Bonchev–Trinajstić information content (AvgIpc) is 3.77. The fourth-order valence-electron chi connectivity index (χ4n) is 4.50. The number of nitrogens with one attached hydrogen (secondary N) is 3. The number of hydrogen-bond donors (Lipinski definition) is 5. The number of carbonyl (C=O) groups excluding carboxylic acids is 3. The third-order valence-corrected chi connectivity index (χ3v) is 9.12. The van der Waals surface area contributed by atoms with E-state index in [0.717, 1.165) is 33.7 Å². The SMILES string of the molecule is C/C(=N\NC(=O)C1CC=C(C(=O)NCc2ccc(C(=O)NCCO)cc2)S1)c1csc(-c2ccc3c(c2)CCO3)c1O. The molecule has 218 valence electrons. The molecule has 2 aliphatic heterocycles. The number of nitrogens with zero attached hydrogens (tertiary/aromatic N) is 1. The first-order valence-electron chi connectivity index (χ1n) is 13.4. The number of allylic oxidation sites excluding steroid dienone is 1. The van der Waals surface area contributed by atoms with Crippen LogP contribution < -0.4 is 20.8 Å². The van der Waals surface area contributed by atoms with Gasteiger partial charge in [0.15, 0.2) is 0 Å². The summed E-state index contributed by atoms with van der Waals surface area (Å²) in [6.07, 6.45) is 2.96. The number of ether oxygens (including phenoxy) is 1. The van der Waals surface area contributed by atoms with Gasteiger partial charge in [-0.3, -0.25) is 14.4 Å². The topological polar surface area (TPSA) is 149 Å². The number of hydrazone groups is 1. The van der Waals surface area contributed by atoms with Gasteiger partial charge in [0.2, 0.25) is 0 Å². The molecular weight excluding hydrogens is 576 g/mol. The van der Waals surface area contributed by atoms with E-state index in [1.165, 1.54) is 23.1 Å². The number of thioether (sulfide) groups is 1. The summed E-state index contributed by atoms with van der Waals surface area (Å²) >= 11 is 2.58. The molecule has 10 nitrogen and oxygen atoms in total. The third-order valence-electron chi connectivity index (χ3n) is 6.81. The summed E-state index contributed by atoms with van der Waals surface area (Å²) in [7, 11) is 0.